The first kappa shape index (κ1) is 23.2. The number of carbonyl (C=O) groups excluding carboxylic acids is 3. The van der Waals surface area contributed by atoms with E-state index >= 15 is 0 Å². The van der Waals surface area contributed by atoms with Gasteiger partial charge in [-0.05, 0) is 51.0 Å². The minimum atomic E-state index is -0.940. The molecular formula is C26H30N2O5S. The van der Waals surface area contributed by atoms with E-state index in [-0.39, 0.29) is 25.0 Å². The van der Waals surface area contributed by atoms with Crippen molar-refractivity contribution >= 4 is 35.2 Å². The van der Waals surface area contributed by atoms with Gasteiger partial charge in [0.2, 0.25) is 5.91 Å². The van der Waals surface area contributed by atoms with Gasteiger partial charge in [0.1, 0.15) is 12.6 Å². The maximum absolute atomic E-state index is 14.3. The van der Waals surface area contributed by atoms with E-state index in [9.17, 15) is 19.5 Å². The summed E-state index contributed by atoms with van der Waals surface area (Å²) in [6.45, 7) is 7.91. The minimum Gasteiger partial charge on any atom is -0.461 e. The van der Waals surface area contributed by atoms with Gasteiger partial charge in [-0.25, -0.2) is 0 Å². The third kappa shape index (κ3) is 3.11. The summed E-state index contributed by atoms with van der Waals surface area (Å²) in [6.07, 6.45) is 7.69. The normalized spacial score (nSPS) is 35.4. The molecule has 2 amide bonds. The molecule has 4 aliphatic heterocycles. The minimum absolute atomic E-state index is 0.175. The summed E-state index contributed by atoms with van der Waals surface area (Å²) < 4.78 is 3.81. The van der Waals surface area contributed by atoms with Crippen LogP contribution >= 0.6 is 11.8 Å². The van der Waals surface area contributed by atoms with Crippen molar-refractivity contribution in [2.45, 2.75) is 49.3 Å². The monoisotopic (exact) mass is 482 g/mol. The number of nitrogens with zero attached hydrogens (tertiary/aromatic N) is 2. The lowest BCUT2D eigenvalue weighted by Gasteiger charge is -2.39. The third-order valence-corrected chi connectivity index (χ3v) is 9.44. The summed E-state index contributed by atoms with van der Waals surface area (Å²) in [5, 5.41) is 10.0. The van der Waals surface area contributed by atoms with Crippen LogP contribution in [-0.4, -0.2) is 69.1 Å². The fraction of sp³-hybridized carbons (Fsp3) is 0.500. The molecule has 8 heteroatoms. The van der Waals surface area contributed by atoms with Crippen molar-refractivity contribution in [1.82, 2.24) is 4.90 Å². The van der Waals surface area contributed by atoms with Crippen molar-refractivity contribution < 1.29 is 24.2 Å². The highest BCUT2D eigenvalue weighted by atomic mass is 32.2. The molecule has 180 valence electrons. The molecular weight excluding hydrogens is 452 g/mol. The zero-order valence-corrected chi connectivity index (χ0v) is 20.7. The van der Waals surface area contributed by atoms with Crippen LogP contribution in [0.25, 0.3) is 0 Å². The molecule has 0 aliphatic carbocycles. The van der Waals surface area contributed by atoms with Crippen LogP contribution < -0.4 is 4.90 Å². The van der Waals surface area contributed by atoms with Gasteiger partial charge in [-0.3, -0.25) is 14.4 Å². The van der Waals surface area contributed by atoms with E-state index in [2.05, 4.69) is 0 Å². The van der Waals surface area contributed by atoms with E-state index in [0.29, 0.717) is 6.54 Å². The topological polar surface area (TPSA) is 87.2 Å². The van der Waals surface area contributed by atoms with Gasteiger partial charge >= 0.3 is 5.97 Å². The number of aryl methyl sites for hydroxylation is 2. The Morgan fingerprint density at radius 1 is 1.15 bits per heavy atom. The van der Waals surface area contributed by atoms with E-state index in [4.69, 9.17) is 4.74 Å². The summed E-state index contributed by atoms with van der Waals surface area (Å²) >= 11 is 1.51. The van der Waals surface area contributed by atoms with E-state index in [1.54, 1.807) is 11.8 Å². The number of benzene rings is 1. The number of thioether (sulfide) groups is 1. The highest BCUT2D eigenvalue weighted by molar-refractivity contribution is 8.02. The maximum atomic E-state index is 14.3. The number of hydrogen-bond donors (Lipinski definition) is 1. The standard InChI is InChI=1S/C26H30N2O5S/c1-15-7-8-16(2)18(13-15)27-11-5-10-26-19(20-24(32)33-12-6-9-25(20,4)34-26)22(30)28(17(3)14-29)21(26)23(27)31/h5-10,13,17,19-21,29H,11-12,14H2,1-4H3/t17-,19+,20+,21?,25-,26+/m1/s1. The second-order valence-electron chi connectivity index (χ2n) is 9.95. The number of fused-ring (bicyclic) bond motifs is 2. The van der Waals surface area contributed by atoms with Crippen molar-refractivity contribution in [2.24, 2.45) is 11.8 Å². The summed E-state index contributed by atoms with van der Waals surface area (Å²) in [4.78, 5) is 44.7. The third-order valence-electron chi connectivity index (χ3n) is 7.65. The first-order valence-corrected chi connectivity index (χ1v) is 12.5. The Bertz CT molecular complexity index is 1130. The van der Waals surface area contributed by atoms with Crippen LogP contribution in [0.2, 0.25) is 0 Å². The summed E-state index contributed by atoms with van der Waals surface area (Å²) in [5.74, 6) is -2.35. The Labute approximate surface area is 203 Å². The van der Waals surface area contributed by atoms with Crippen LogP contribution in [-0.2, 0) is 19.1 Å². The van der Waals surface area contributed by atoms with Gasteiger partial charge < -0.3 is 19.6 Å². The lowest BCUT2D eigenvalue weighted by atomic mass is 9.75. The first-order valence-electron chi connectivity index (χ1n) is 11.7. The SMILES string of the molecule is Cc1ccc(C)c(N2CC=C[C@]34S[C@]5(C)C=CCOC(=O)[C@@H]5[C@H]3C(=O)N([C@H](C)CO)C4C2=O)c1. The molecule has 0 aromatic heterocycles. The average Bonchev–Trinajstić information content (AvgIpc) is 3.06. The van der Waals surface area contributed by atoms with Crippen molar-refractivity contribution in [2.75, 3.05) is 24.7 Å². The van der Waals surface area contributed by atoms with Crippen LogP contribution in [0.5, 0.6) is 0 Å². The Morgan fingerprint density at radius 3 is 2.65 bits per heavy atom. The molecule has 7 nitrogen and oxygen atoms in total. The molecule has 34 heavy (non-hydrogen) atoms. The Balaban J connectivity index is 1.69. The number of ether oxygens (including phenoxy) is 1. The molecule has 0 saturated carbocycles. The quantitative estimate of drug-likeness (QED) is 0.526. The zero-order valence-electron chi connectivity index (χ0n) is 19.9. The molecule has 1 spiro atoms. The predicted octanol–water partition coefficient (Wildman–Crippen LogP) is 2.39. The van der Waals surface area contributed by atoms with E-state index in [1.807, 2.05) is 63.3 Å². The molecule has 1 unspecified atom stereocenters. The molecule has 0 bridgehead atoms. The molecule has 6 atom stereocenters. The molecule has 0 radical (unpaired) electrons. The zero-order chi connectivity index (χ0) is 24.4. The molecule has 4 aliphatic rings. The van der Waals surface area contributed by atoms with Gasteiger partial charge in [-0.15, -0.1) is 11.8 Å². The number of amides is 2. The molecule has 1 N–H and O–H groups in total. The number of esters is 1. The summed E-state index contributed by atoms with van der Waals surface area (Å²) in [5.41, 5.74) is 2.81. The number of carbonyl (C=O) groups is 3. The molecule has 2 saturated heterocycles. The fourth-order valence-corrected chi connectivity index (χ4v) is 8.22. The number of cyclic esters (lactones) is 1. The second-order valence-corrected chi connectivity index (χ2v) is 11.7. The van der Waals surface area contributed by atoms with Crippen molar-refractivity contribution in [3.63, 3.8) is 0 Å². The lowest BCUT2D eigenvalue weighted by molar-refractivity contribution is -0.153. The maximum Gasteiger partial charge on any atom is 0.311 e. The number of rotatable bonds is 3. The smallest absolute Gasteiger partial charge is 0.311 e. The van der Waals surface area contributed by atoms with E-state index in [1.165, 1.54) is 16.7 Å². The largest absolute Gasteiger partial charge is 0.461 e. The van der Waals surface area contributed by atoms with E-state index < -0.39 is 39.4 Å². The van der Waals surface area contributed by atoms with Crippen LogP contribution in [0, 0.1) is 25.7 Å². The number of hydrogen-bond acceptors (Lipinski definition) is 6. The predicted molar refractivity (Wildman–Crippen MR) is 130 cm³/mol. The van der Waals surface area contributed by atoms with Gasteiger partial charge in [0.25, 0.3) is 5.91 Å². The van der Waals surface area contributed by atoms with Crippen LogP contribution in [0.1, 0.15) is 25.0 Å². The highest BCUT2D eigenvalue weighted by Gasteiger charge is 2.74. The average molecular weight is 483 g/mol. The fourth-order valence-electron chi connectivity index (χ4n) is 6.08. The number of aliphatic hydroxyl groups excluding tert-OH is 1. The summed E-state index contributed by atoms with van der Waals surface area (Å²) in [6, 6.07) is 4.57. The van der Waals surface area contributed by atoms with E-state index in [0.717, 1.165) is 16.8 Å². The van der Waals surface area contributed by atoms with Gasteiger partial charge in [-0.2, -0.15) is 0 Å². The van der Waals surface area contributed by atoms with Gasteiger partial charge in [0, 0.05) is 17.0 Å². The molecule has 2 fully saturated rings. The van der Waals surface area contributed by atoms with Crippen molar-refractivity contribution in [3.05, 3.63) is 53.6 Å². The Kier molecular flexibility index (Phi) is 5.44. The molecule has 5 rings (SSSR count). The molecule has 1 aromatic carbocycles. The molecule has 1 aromatic rings. The van der Waals surface area contributed by atoms with Crippen molar-refractivity contribution in [1.29, 1.82) is 0 Å². The van der Waals surface area contributed by atoms with Crippen molar-refractivity contribution in [3.8, 4) is 0 Å². The van der Waals surface area contributed by atoms with Gasteiger partial charge in [0.15, 0.2) is 0 Å². The summed E-state index contributed by atoms with van der Waals surface area (Å²) in [7, 11) is 0. The second kappa shape index (κ2) is 7.99. The Morgan fingerprint density at radius 2 is 1.91 bits per heavy atom. The Hall–Kier alpha value is -2.58. The van der Waals surface area contributed by atoms with Crippen LogP contribution in [0.4, 0.5) is 5.69 Å². The number of likely N-dealkylation sites (tertiary alicyclic amines) is 1. The van der Waals surface area contributed by atoms with Gasteiger partial charge in [0.05, 0.1) is 29.2 Å². The lowest BCUT2D eigenvalue weighted by Crippen LogP contribution is -2.56. The van der Waals surface area contributed by atoms with Crippen LogP contribution in [0.3, 0.4) is 0 Å². The first-order chi connectivity index (χ1) is 16.1. The molecule has 4 heterocycles. The van der Waals surface area contributed by atoms with Crippen LogP contribution in [0.15, 0.2) is 42.5 Å². The number of anilines is 1. The number of aliphatic hydroxyl groups is 1. The van der Waals surface area contributed by atoms with Gasteiger partial charge in [-0.1, -0.05) is 30.4 Å². The highest BCUT2D eigenvalue weighted by Crippen LogP contribution is 2.65.